The number of aromatic nitrogens is 3. The quantitative estimate of drug-likeness (QED) is 0.396. The van der Waals surface area contributed by atoms with Crippen molar-refractivity contribution >= 4 is 49.3 Å². The van der Waals surface area contributed by atoms with Crippen LogP contribution in [0.4, 0.5) is 10.8 Å². The van der Waals surface area contributed by atoms with Gasteiger partial charge in [-0.3, -0.25) is 0 Å². The summed E-state index contributed by atoms with van der Waals surface area (Å²) >= 11 is 3.47. The molecule has 152 valence electrons. The Morgan fingerprint density at radius 2 is 2.13 bits per heavy atom. The van der Waals surface area contributed by atoms with Crippen LogP contribution in [0.15, 0.2) is 66.0 Å². The molecule has 0 saturated carbocycles. The van der Waals surface area contributed by atoms with Gasteiger partial charge in [0, 0.05) is 31.0 Å². The summed E-state index contributed by atoms with van der Waals surface area (Å²) < 4.78 is 1.21. The molecule has 1 atom stereocenters. The minimum Gasteiger partial charge on any atom is -0.361 e. The molecule has 0 bridgehead atoms. The molecule has 0 aliphatic carbocycles. The van der Waals surface area contributed by atoms with E-state index in [1.54, 1.807) is 29.4 Å². The molecule has 0 amide bonds. The largest absolute Gasteiger partial charge is 0.361 e. The predicted molar refractivity (Wildman–Crippen MR) is 127 cm³/mol. The number of aliphatic imine (C=N–C) groups is 1. The monoisotopic (exact) mass is 434 g/mol. The SMILES string of the molecule is c1cc(CCNc2nc3ccccc3s2)cc(/N=C2\N[C@@H](Cc3c[nH]cn3)CS2)c1. The van der Waals surface area contributed by atoms with Crippen molar-refractivity contribution in [2.75, 3.05) is 17.6 Å². The van der Waals surface area contributed by atoms with Crippen molar-refractivity contribution in [3.8, 4) is 0 Å². The second-order valence-electron chi connectivity index (χ2n) is 7.17. The summed E-state index contributed by atoms with van der Waals surface area (Å²) in [5.74, 6) is 1.01. The lowest BCUT2D eigenvalue weighted by atomic mass is 10.1. The van der Waals surface area contributed by atoms with Crippen LogP contribution < -0.4 is 10.6 Å². The normalized spacial score (nSPS) is 17.5. The fraction of sp³-hybridized carbons (Fsp3) is 0.227. The summed E-state index contributed by atoms with van der Waals surface area (Å²) in [6, 6.07) is 17.1. The van der Waals surface area contributed by atoms with Gasteiger partial charge in [0.05, 0.1) is 27.9 Å². The number of rotatable bonds is 7. The molecule has 2 aromatic heterocycles. The Kier molecular flexibility index (Phi) is 5.67. The van der Waals surface area contributed by atoms with E-state index in [1.165, 1.54) is 10.3 Å². The van der Waals surface area contributed by atoms with Crippen molar-refractivity contribution in [1.29, 1.82) is 0 Å². The maximum Gasteiger partial charge on any atom is 0.183 e. The molecule has 3 N–H and O–H groups in total. The third kappa shape index (κ3) is 4.66. The van der Waals surface area contributed by atoms with Crippen LogP contribution in [-0.4, -0.2) is 38.5 Å². The zero-order valence-corrected chi connectivity index (χ0v) is 18.0. The molecular formula is C22H22N6S2. The number of anilines is 1. The zero-order valence-electron chi connectivity index (χ0n) is 16.3. The number of nitrogens with one attached hydrogen (secondary N) is 3. The van der Waals surface area contributed by atoms with Crippen LogP contribution in [0, 0.1) is 0 Å². The highest BCUT2D eigenvalue weighted by atomic mass is 32.2. The predicted octanol–water partition coefficient (Wildman–Crippen LogP) is 4.61. The molecule has 0 radical (unpaired) electrons. The molecule has 4 aromatic rings. The lowest BCUT2D eigenvalue weighted by Gasteiger charge is -2.07. The zero-order chi connectivity index (χ0) is 20.2. The van der Waals surface area contributed by atoms with Crippen LogP contribution in [0.5, 0.6) is 0 Å². The lowest BCUT2D eigenvalue weighted by Crippen LogP contribution is -2.28. The van der Waals surface area contributed by atoms with Gasteiger partial charge in [-0.1, -0.05) is 47.4 Å². The number of imidazole rings is 1. The Balaban J connectivity index is 1.16. The maximum absolute atomic E-state index is 4.80. The highest BCUT2D eigenvalue weighted by molar-refractivity contribution is 8.14. The van der Waals surface area contributed by atoms with Crippen molar-refractivity contribution in [1.82, 2.24) is 20.3 Å². The minimum atomic E-state index is 0.373. The van der Waals surface area contributed by atoms with Crippen LogP contribution >= 0.6 is 23.1 Å². The summed E-state index contributed by atoms with van der Waals surface area (Å²) in [7, 11) is 0. The van der Waals surface area contributed by atoms with Gasteiger partial charge < -0.3 is 15.6 Å². The molecule has 1 fully saturated rings. The van der Waals surface area contributed by atoms with Crippen molar-refractivity contribution in [3.63, 3.8) is 0 Å². The van der Waals surface area contributed by atoms with Crippen LogP contribution in [0.25, 0.3) is 10.2 Å². The number of nitrogens with zero attached hydrogens (tertiary/aromatic N) is 3. The van der Waals surface area contributed by atoms with E-state index in [2.05, 4.69) is 55.9 Å². The molecule has 8 heteroatoms. The second kappa shape index (κ2) is 8.89. The summed E-state index contributed by atoms with van der Waals surface area (Å²) in [6.07, 6.45) is 5.51. The molecule has 1 aliphatic rings. The number of thioether (sulfide) groups is 1. The molecule has 1 aliphatic heterocycles. The first-order valence-corrected chi connectivity index (χ1v) is 11.8. The van der Waals surface area contributed by atoms with Crippen LogP contribution in [-0.2, 0) is 12.8 Å². The molecule has 6 nitrogen and oxygen atoms in total. The van der Waals surface area contributed by atoms with E-state index < -0.39 is 0 Å². The Labute approximate surface area is 183 Å². The number of benzene rings is 2. The summed E-state index contributed by atoms with van der Waals surface area (Å²) in [6.45, 7) is 0.846. The number of aromatic amines is 1. The van der Waals surface area contributed by atoms with E-state index >= 15 is 0 Å². The number of amidine groups is 1. The Bertz CT molecular complexity index is 1120. The number of H-pyrrole nitrogens is 1. The number of hydrogen-bond acceptors (Lipinski definition) is 6. The molecule has 0 unspecified atom stereocenters. The molecule has 0 spiro atoms. The van der Waals surface area contributed by atoms with Gasteiger partial charge in [-0.15, -0.1) is 0 Å². The highest BCUT2D eigenvalue weighted by Crippen LogP contribution is 2.25. The van der Waals surface area contributed by atoms with E-state index in [0.29, 0.717) is 6.04 Å². The van der Waals surface area contributed by atoms with Gasteiger partial charge in [-0.2, -0.15) is 0 Å². The van der Waals surface area contributed by atoms with E-state index in [1.807, 2.05) is 24.4 Å². The standard InChI is InChI=1S/C22H22N6S2/c1-2-7-20-19(6-1)28-21(30-20)24-9-8-15-4-3-5-16(10-15)26-22-27-18(13-29-22)11-17-12-23-14-25-17/h1-7,10,12,14,18H,8-9,11,13H2,(H,23,25)(H,24,28)(H,26,27)/t18-/m0/s1. The van der Waals surface area contributed by atoms with Gasteiger partial charge >= 0.3 is 0 Å². The van der Waals surface area contributed by atoms with E-state index in [-0.39, 0.29) is 0 Å². The average molecular weight is 435 g/mol. The first-order valence-electron chi connectivity index (χ1n) is 9.96. The minimum absolute atomic E-state index is 0.373. The topological polar surface area (TPSA) is 78.0 Å². The molecule has 5 rings (SSSR count). The summed E-state index contributed by atoms with van der Waals surface area (Å²) in [4.78, 5) is 16.8. The fourth-order valence-electron chi connectivity index (χ4n) is 3.43. The van der Waals surface area contributed by atoms with Gasteiger partial charge in [0.2, 0.25) is 0 Å². The molecule has 2 aromatic carbocycles. The van der Waals surface area contributed by atoms with Gasteiger partial charge in [-0.25, -0.2) is 15.0 Å². The van der Waals surface area contributed by atoms with Crippen LogP contribution in [0.1, 0.15) is 11.3 Å². The Hall–Kier alpha value is -2.84. The van der Waals surface area contributed by atoms with Gasteiger partial charge in [0.1, 0.15) is 0 Å². The van der Waals surface area contributed by atoms with E-state index in [0.717, 1.165) is 52.3 Å². The van der Waals surface area contributed by atoms with Gasteiger partial charge in [0.15, 0.2) is 10.3 Å². The fourth-order valence-corrected chi connectivity index (χ4v) is 5.30. The third-order valence-corrected chi connectivity index (χ3v) is 6.93. The smallest absolute Gasteiger partial charge is 0.183 e. The van der Waals surface area contributed by atoms with Crippen molar-refractivity contribution in [2.24, 2.45) is 4.99 Å². The number of para-hydroxylation sites is 1. The van der Waals surface area contributed by atoms with E-state index in [4.69, 9.17) is 4.99 Å². The highest BCUT2D eigenvalue weighted by Gasteiger charge is 2.21. The third-order valence-electron chi connectivity index (χ3n) is 4.88. The molecule has 30 heavy (non-hydrogen) atoms. The van der Waals surface area contributed by atoms with Crippen molar-refractivity contribution in [2.45, 2.75) is 18.9 Å². The Morgan fingerprint density at radius 3 is 3.03 bits per heavy atom. The summed E-state index contributed by atoms with van der Waals surface area (Å²) in [5, 5.41) is 8.92. The maximum atomic E-state index is 4.80. The van der Waals surface area contributed by atoms with E-state index in [9.17, 15) is 0 Å². The first-order chi connectivity index (χ1) is 14.8. The number of hydrogen-bond donors (Lipinski definition) is 3. The van der Waals surface area contributed by atoms with Crippen LogP contribution in [0.3, 0.4) is 0 Å². The van der Waals surface area contributed by atoms with Crippen molar-refractivity contribution < 1.29 is 0 Å². The number of thiazole rings is 1. The molecule has 3 heterocycles. The summed E-state index contributed by atoms with van der Waals surface area (Å²) in [5.41, 5.74) is 4.39. The Morgan fingerprint density at radius 1 is 1.17 bits per heavy atom. The van der Waals surface area contributed by atoms with Crippen LogP contribution in [0.2, 0.25) is 0 Å². The lowest BCUT2D eigenvalue weighted by molar-refractivity contribution is 0.678. The molecular weight excluding hydrogens is 412 g/mol. The molecule has 1 saturated heterocycles. The second-order valence-corrected chi connectivity index (χ2v) is 9.21. The first kappa shape index (κ1) is 19.1. The van der Waals surface area contributed by atoms with Gasteiger partial charge in [-0.05, 0) is 36.2 Å². The van der Waals surface area contributed by atoms with Crippen molar-refractivity contribution in [3.05, 3.63) is 72.3 Å². The number of fused-ring (bicyclic) bond motifs is 1. The van der Waals surface area contributed by atoms with Gasteiger partial charge in [0.25, 0.3) is 0 Å². The average Bonchev–Trinajstić information content (AvgIpc) is 3.50.